The largest absolute Gasteiger partial charge is 0.497 e. The number of ether oxygens (including phenoxy) is 1. The van der Waals surface area contributed by atoms with E-state index < -0.39 is 9.84 Å². The average molecular weight is 388 g/mol. The zero-order valence-corrected chi connectivity index (χ0v) is 16.2. The minimum absolute atomic E-state index is 0.0519. The molecular weight excluding hydrogens is 362 g/mol. The minimum Gasteiger partial charge on any atom is -0.497 e. The molecule has 3 rings (SSSR count). The lowest BCUT2D eigenvalue weighted by atomic mass is 9.88. The summed E-state index contributed by atoms with van der Waals surface area (Å²) in [4.78, 5) is 12.7. The van der Waals surface area contributed by atoms with Crippen LogP contribution >= 0.6 is 0 Å². The van der Waals surface area contributed by atoms with E-state index in [0.717, 1.165) is 16.9 Å². The van der Waals surface area contributed by atoms with Gasteiger partial charge in [-0.3, -0.25) is 4.79 Å². The minimum atomic E-state index is -2.93. The third-order valence-corrected chi connectivity index (χ3v) is 6.74. The maximum absolute atomic E-state index is 12.7. The number of carbonyl (C=O) groups excluding carboxylic acids is 1. The van der Waals surface area contributed by atoms with E-state index in [1.54, 1.807) is 7.11 Å². The van der Waals surface area contributed by atoms with E-state index in [0.29, 0.717) is 19.3 Å². The van der Waals surface area contributed by atoms with Gasteiger partial charge in [-0.05, 0) is 36.1 Å². The maximum atomic E-state index is 12.7. The maximum Gasteiger partial charge on any atom is 0.221 e. The summed E-state index contributed by atoms with van der Waals surface area (Å²) in [5.74, 6) is 0.962. The third kappa shape index (κ3) is 5.32. The van der Waals surface area contributed by atoms with Gasteiger partial charge in [0.15, 0.2) is 0 Å². The molecular formula is C21H25NO4S. The first-order chi connectivity index (χ1) is 13.0. The van der Waals surface area contributed by atoms with Gasteiger partial charge >= 0.3 is 0 Å². The Morgan fingerprint density at radius 1 is 1.04 bits per heavy atom. The molecule has 0 aromatic heterocycles. The van der Waals surface area contributed by atoms with Gasteiger partial charge in [0.25, 0.3) is 0 Å². The van der Waals surface area contributed by atoms with E-state index in [4.69, 9.17) is 4.74 Å². The zero-order valence-electron chi connectivity index (χ0n) is 15.4. The predicted molar refractivity (Wildman–Crippen MR) is 106 cm³/mol. The number of benzene rings is 2. The molecule has 1 amide bonds. The molecule has 0 spiro atoms. The van der Waals surface area contributed by atoms with Crippen molar-refractivity contribution in [3.8, 4) is 5.75 Å². The summed E-state index contributed by atoms with van der Waals surface area (Å²) >= 11 is 0. The second-order valence-electron chi connectivity index (χ2n) is 6.93. The van der Waals surface area contributed by atoms with Crippen molar-refractivity contribution in [2.24, 2.45) is 0 Å². The number of methoxy groups -OCH3 is 1. The van der Waals surface area contributed by atoms with E-state index in [1.165, 1.54) is 0 Å². The molecule has 1 aliphatic rings. The number of hydrogen-bond donors (Lipinski definition) is 1. The van der Waals surface area contributed by atoms with Gasteiger partial charge in [0.2, 0.25) is 5.91 Å². The van der Waals surface area contributed by atoms with Gasteiger partial charge in [-0.15, -0.1) is 0 Å². The van der Waals surface area contributed by atoms with Crippen LogP contribution in [0.15, 0.2) is 54.6 Å². The van der Waals surface area contributed by atoms with E-state index >= 15 is 0 Å². The molecule has 1 saturated heterocycles. The molecule has 1 atom stereocenters. The highest BCUT2D eigenvalue weighted by Gasteiger charge is 2.26. The molecule has 2 aromatic rings. The standard InChI is InChI=1S/C21H25NO4S/c1-26-19-9-7-17(8-10-19)20(16-5-3-2-4-6-16)15-21(23)22-18-11-13-27(24,25)14-12-18/h2-10,18,20H,11-15H2,1H3,(H,22,23)/t20-/m1/s1. The molecule has 27 heavy (non-hydrogen) atoms. The number of rotatable bonds is 6. The van der Waals surface area contributed by atoms with Crippen molar-refractivity contribution in [1.29, 1.82) is 0 Å². The lowest BCUT2D eigenvalue weighted by Crippen LogP contribution is -2.41. The van der Waals surface area contributed by atoms with Crippen LogP contribution in [0.25, 0.3) is 0 Å². The van der Waals surface area contributed by atoms with Crippen molar-refractivity contribution in [2.75, 3.05) is 18.6 Å². The summed E-state index contributed by atoms with van der Waals surface area (Å²) in [7, 11) is -1.30. The molecule has 1 heterocycles. The van der Waals surface area contributed by atoms with Crippen LogP contribution in [0.4, 0.5) is 0 Å². The summed E-state index contributed by atoms with van der Waals surface area (Å²) in [6, 6.07) is 17.6. The highest BCUT2D eigenvalue weighted by atomic mass is 32.2. The Morgan fingerprint density at radius 2 is 1.63 bits per heavy atom. The SMILES string of the molecule is COc1ccc([C@H](CC(=O)NC2CCS(=O)(=O)CC2)c2ccccc2)cc1. The second kappa shape index (κ2) is 8.57. The summed E-state index contributed by atoms with van der Waals surface area (Å²) in [6.07, 6.45) is 1.30. The second-order valence-corrected chi connectivity index (χ2v) is 9.24. The molecule has 0 aliphatic carbocycles. The lowest BCUT2D eigenvalue weighted by Gasteiger charge is -2.24. The van der Waals surface area contributed by atoms with Crippen molar-refractivity contribution in [3.05, 3.63) is 65.7 Å². The predicted octanol–water partition coefficient (Wildman–Crippen LogP) is 2.91. The van der Waals surface area contributed by atoms with Crippen LogP contribution in [0, 0.1) is 0 Å². The van der Waals surface area contributed by atoms with Crippen LogP contribution < -0.4 is 10.1 Å². The van der Waals surface area contributed by atoms with Crippen LogP contribution in [0.2, 0.25) is 0 Å². The number of carbonyl (C=O) groups is 1. The summed E-state index contributed by atoms with van der Waals surface area (Å²) in [6.45, 7) is 0. The molecule has 1 N–H and O–H groups in total. The Bertz CT molecular complexity index is 849. The summed E-state index contributed by atoms with van der Waals surface area (Å²) in [5.41, 5.74) is 2.12. The molecule has 0 bridgehead atoms. The Labute approximate surface area is 160 Å². The van der Waals surface area contributed by atoms with E-state index in [9.17, 15) is 13.2 Å². The molecule has 0 radical (unpaired) electrons. The van der Waals surface area contributed by atoms with Crippen molar-refractivity contribution in [3.63, 3.8) is 0 Å². The zero-order chi connectivity index (χ0) is 19.3. The van der Waals surface area contributed by atoms with Crippen molar-refractivity contribution in [2.45, 2.75) is 31.2 Å². The Morgan fingerprint density at radius 3 is 2.22 bits per heavy atom. The Hall–Kier alpha value is -2.34. The van der Waals surface area contributed by atoms with E-state index in [2.05, 4.69) is 5.32 Å². The van der Waals surface area contributed by atoms with Gasteiger partial charge in [-0.2, -0.15) is 0 Å². The van der Waals surface area contributed by atoms with Crippen LogP contribution in [-0.2, 0) is 14.6 Å². The van der Waals surface area contributed by atoms with Gasteiger partial charge in [0.05, 0.1) is 18.6 Å². The van der Waals surface area contributed by atoms with Crippen LogP contribution in [0.1, 0.15) is 36.3 Å². The van der Waals surface area contributed by atoms with Gasteiger partial charge in [-0.1, -0.05) is 42.5 Å². The Kier molecular flexibility index (Phi) is 6.16. The summed E-state index contributed by atoms with van der Waals surface area (Å²) < 4.78 is 28.3. The quantitative estimate of drug-likeness (QED) is 0.827. The van der Waals surface area contributed by atoms with Crippen LogP contribution in [0.3, 0.4) is 0 Å². The fourth-order valence-electron chi connectivity index (χ4n) is 3.46. The molecule has 5 nitrogen and oxygen atoms in total. The Balaban J connectivity index is 1.72. The number of hydrogen-bond acceptors (Lipinski definition) is 4. The van der Waals surface area contributed by atoms with Crippen molar-refractivity contribution < 1.29 is 17.9 Å². The lowest BCUT2D eigenvalue weighted by molar-refractivity contribution is -0.122. The smallest absolute Gasteiger partial charge is 0.221 e. The third-order valence-electron chi connectivity index (χ3n) is 5.03. The summed E-state index contributed by atoms with van der Waals surface area (Å²) in [5, 5.41) is 3.02. The first kappa shape index (κ1) is 19.4. The van der Waals surface area contributed by atoms with E-state index in [1.807, 2.05) is 54.6 Å². The van der Waals surface area contributed by atoms with Gasteiger partial charge in [-0.25, -0.2) is 8.42 Å². The number of amides is 1. The molecule has 1 aliphatic heterocycles. The average Bonchev–Trinajstić information content (AvgIpc) is 2.69. The van der Waals surface area contributed by atoms with Gasteiger partial charge in [0, 0.05) is 18.4 Å². The van der Waals surface area contributed by atoms with Crippen LogP contribution in [-0.4, -0.2) is 39.0 Å². The molecule has 144 valence electrons. The highest BCUT2D eigenvalue weighted by Crippen LogP contribution is 2.29. The molecule has 6 heteroatoms. The van der Waals surface area contributed by atoms with Gasteiger partial charge in [0.1, 0.15) is 15.6 Å². The first-order valence-electron chi connectivity index (χ1n) is 9.15. The van der Waals surface area contributed by atoms with Gasteiger partial charge < -0.3 is 10.1 Å². The fourth-order valence-corrected chi connectivity index (χ4v) is 4.95. The fraction of sp³-hybridized carbons (Fsp3) is 0.381. The van der Waals surface area contributed by atoms with Crippen molar-refractivity contribution in [1.82, 2.24) is 5.32 Å². The molecule has 0 unspecified atom stereocenters. The molecule has 1 fully saturated rings. The topological polar surface area (TPSA) is 72.5 Å². The number of sulfone groups is 1. The monoisotopic (exact) mass is 387 g/mol. The normalized spacial score (nSPS) is 17.8. The first-order valence-corrected chi connectivity index (χ1v) is 11.0. The number of nitrogens with one attached hydrogen (secondary N) is 1. The molecule has 0 saturated carbocycles. The highest BCUT2D eigenvalue weighted by molar-refractivity contribution is 7.91. The van der Waals surface area contributed by atoms with Crippen LogP contribution in [0.5, 0.6) is 5.75 Å². The molecule has 2 aromatic carbocycles. The van der Waals surface area contributed by atoms with E-state index in [-0.39, 0.29) is 29.4 Å². The van der Waals surface area contributed by atoms with Crippen molar-refractivity contribution >= 4 is 15.7 Å².